The number of hydrazine groups is 1. The number of carbonyl (C=O) groups is 1. The van der Waals surface area contributed by atoms with Crippen molar-refractivity contribution in [2.45, 2.75) is 18.2 Å². The fourth-order valence-electron chi connectivity index (χ4n) is 2.06. The van der Waals surface area contributed by atoms with E-state index >= 15 is 0 Å². The summed E-state index contributed by atoms with van der Waals surface area (Å²) in [5, 5.41) is 0.197. The van der Waals surface area contributed by atoms with Crippen LogP contribution < -0.4 is 41.5 Å². The fourth-order valence-corrected chi connectivity index (χ4v) is 2.67. The van der Waals surface area contributed by atoms with E-state index in [0.717, 1.165) is 12.1 Å². The van der Waals surface area contributed by atoms with Gasteiger partial charge in [-0.3, -0.25) is 10.2 Å². The van der Waals surface area contributed by atoms with Crippen molar-refractivity contribution < 1.29 is 41.0 Å². The minimum Gasteiger partial charge on any atom is -0.744 e. The number of nitrogens with two attached hydrogens (primary N) is 2. The summed E-state index contributed by atoms with van der Waals surface area (Å²) in [4.78, 5) is 22.6. The Morgan fingerprint density at radius 2 is 2.00 bits per heavy atom. The standard InChI is InChI=1S/C12H13N3O6S.Li/c1-5-6-2-10(22(18,19)20)8(13)4-9(6)21-12(17)7(5)3-11(16)15-14;/h2,4H,3,13-14H2,1H3,(H,15,16)(H,18,19,20);/q;+1/p-1. The molecule has 118 valence electrons. The average molecular weight is 333 g/mol. The second-order valence-electron chi connectivity index (χ2n) is 4.58. The molecular formula is C12H12LiN3O6S. The second kappa shape index (κ2) is 6.74. The summed E-state index contributed by atoms with van der Waals surface area (Å²) in [6.45, 7) is 1.50. The van der Waals surface area contributed by atoms with Crippen LogP contribution in [-0.4, -0.2) is 18.9 Å². The summed E-state index contributed by atoms with van der Waals surface area (Å²) in [5.41, 5.74) is 6.60. The fraction of sp³-hybridized carbons (Fsp3) is 0.167. The first-order valence-electron chi connectivity index (χ1n) is 5.96. The van der Waals surface area contributed by atoms with Crippen molar-refractivity contribution in [1.29, 1.82) is 0 Å². The molecule has 0 radical (unpaired) electrons. The quantitative estimate of drug-likeness (QED) is 0.0974. The predicted molar refractivity (Wildman–Crippen MR) is 75.6 cm³/mol. The molecular weight excluding hydrogens is 321 g/mol. The van der Waals surface area contributed by atoms with E-state index in [9.17, 15) is 22.6 Å². The van der Waals surface area contributed by atoms with Crippen molar-refractivity contribution in [1.82, 2.24) is 5.43 Å². The zero-order valence-electron chi connectivity index (χ0n) is 12.4. The summed E-state index contributed by atoms with van der Waals surface area (Å²) in [6, 6.07) is 2.11. The topological polar surface area (TPSA) is 169 Å². The van der Waals surface area contributed by atoms with Gasteiger partial charge in [0.05, 0.1) is 22.6 Å². The first kappa shape index (κ1) is 19.2. The minimum absolute atomic E-state index is 0. The molecule has 0 saturated carbocycles. The third-order valence-electron chi connectivity index (χ3n) is 3.19. The molecule has 2 rings (SSSR count). The molecule has 1 aromatic heterocycles. The number of amides is 1. The van der Waals surface area contributed by atoms with Gasteiger partial charge in [0, 0.05) is 11.5 Å². The van der Waals surface area contributed by atoms with Gasteiger partial charge >= 0.3 is 24.5 Å². The van der Waals surface area contributed by atoms with Gasteiger partial charge in [0.2, 0.25) is 5.91 Å². The normalized spacial score (nSPS) is 11.1. The van der Waals surface area contributed by atoms with E-state index in [1.165, 1.54) is 6.92 Å². The SMILES string of the molecule is Cc1c(CC(=O)NN)c(=O)oc2cc(N)c(S(=O)(=O)[O-])cc12.[Li+]. The van der Waals surface area contributed by atoms with Crippen LogP contribution in [0.5, 0.6) is 0 Å². The van der Waals surface area contributed by atoms with Gasteiger partial charge in [0.15, 0.2) is 0 Å². The maximum absolute atomic E-state index is 11.9. The molecule has 0 bridgehead atoms. The summed E-state index contributed by atoms with van der Waals surface area (Å²) < 4.78 is 38.5. The van der Waals surface area contributed by atoms with Crippen LogP contribution in [0.3, 0.4) is 0 Å². The Hall–Kier alpha value is -1.83. The summed E-state index contributed by atoms with van der Waals surface area (Å²) in [6.07, 6.45) is -0.343. The smallest absolute Gasteiger partial charge is 0.744 e. The van der Waals surface area contributed by atoms with Crippen LogP contribution in [0.15, 0.2) is 26.2 Å². The molecule has 0 fully saturated rings. The third kappa shape index (κ3) is 3.74. The third-order valence-corrected chi connectivity index (χ3v) is 4.08. The Morgan fingerprint density at radius 3 is 2.52 bits per heavy atom. The Balaban J connectivity index is 0.00000264. The molecule has 1 heterocycles. The number of fused-ring (bicyclic) bond motifs is 1. The molecule has 0 aliphatic heterocycles. The monoisotopic (exact) mass is 333 g/mol. The molecule has 1 amide bonds. The van der Waals surface area contributed by atoms with E-state index < -0.39 is 26.5 Å². The van der Waals surface area contributed by atoms with Crippen LogP contribution in [0, 0.1) is 6.92 Å². The first-order chi connectivity index (χ1) is 10.1. The summed E-state index contributed by atoms with van der Waals surface area (Å²) in [5.74, 6) is 4.34. The number of hydrogen-bond donors (Lipinski definition) is 3. The minimum atomic E-state index is -4.79. The van der Waals surface area contributed by atoms with Crippen molar-refractivity contribution in [2.75, 3.05) is 5.73 Å². The molecule has 9 nitrogen and oxygen atoms in total. The number of nitrogen functional groups attached to an aromatic ring is 1. The van der Waals surface area contributed by atoms with E-state index in [4.69, 9.17) is 16.0 Å². The van der Waals surface area contributed by atoms with Gasteiger partial charge in [0.1, 0.15) is 15.7 Å². The Bertz CT molecular complexity index is 938. The van der Waals surface area contributed by atoms with Crippen molar-refractivity contribution in [2.24, 2.45) is 5.84 Å². The number of rotatable bonds is 3. The molecule has 0 atom stereocenters. The van der Waals surface area contributed by atoms with E-state index in [-0.39, 0.29) is 47.5 Å². The van der Waals surface area contributed by atoms with Crippen molar-refractivity contribution in [3.8, 4) is 0 Å². The number of anilines is 1. The average Bonchev–Trinajstić information content (AvgIpc) is 2.41. The zero-order chi connectivity index (χ0) is 16.7. The molecule has 0 unspecified atom stereocenters. The number of carbonyl (C=O) groups excluding carboxylic acids is 1. The van der Waals surface area contributed by atoms with E-state index in [1.54, 1.807) is 0 Å². The van der Waals surface area contributed by atoms with Gasteiger partial charge in [-0.1, -0.05) is 0 Å². The number of hydrogen-bond acceptors (Lipinski definition) is 8. The Morgan fingerprint density at radius 1 is 1.39 bits per heavy atom. The van der Waals surface area contributed by atoms with Gasteiger partial charge in [0.25, 0.3) is 0 Å². The molecule has 0 saturated heterocycles. The van der Waals surface area contributed by atoms with Crippen LogP contribution in [0.4, 0.5) is 5.69 Å². The van der Waals surface area contributed by atoms with Crippen LogP contribution in [0.1, 0.15) is 11.1 Å². The number of nitrogens with one attached hydrogen (secondary N) is 1. The maximum Gasteiger partial charge on any atom is 1.00 e. The van der Waals surface area contributed by atoms with Gasteiger partial charge in [-0.15, -0.1) is 0 Å². The molecule has 11 heteroatoms. The van der Waals surface area contributed by atoms with Crippen LogP contribution in [0.2, 0.25) is 0 Å². The summed E-state index contributed by atoms with van der Waals surface area (Å²) in [7, 11) is -4.79. The van der Waals surface area contributed by atoms with Crippen LogP contribution in [0.25, 0.3) is 11.0 Å². The molecule has 5 N–H and O–H groups in total. The molecule has 2 aromatic rings. The van der Waals surface area contributed by atoms with Gasteiger partial charge < -0.3 is 14.7 Å². The number of aryl methyl sites for hydroxylation is 1. The summed E-state index contributed by atoms with van der Waals surface area (Å²) >= 11 is 0. The first-order valence-corrected chi connectivity index (χ1v) is 7.37. The van der Waals surface area contributed by atoms with Gasteiger partial charge in [-0.25, -0.2) is 19.1 Å². The Kier molecular flexibility index (Phi) is 5.63. The van der Waals surface area contributed by atoms with Crippen molar-refractivity contribution in [3.63, 3.8) is 0 Å². The van der Waals surface area contributed by atoms with Gasteiger partial charge in [-0.05, 0) is 18.6 Å². The van der Waals surface area contributed by atoms with Crippen LogP contribution >= 0.6 is 0 Å². The second-order valence-corrected chi connectivity index (χ2v) is 5.93. The molecule has 0 aliphatic carbocycles. The van der Waals surface area contributed by atoms with Crippen molar-refractivity contribution in [3.05, 3.63) is 33.7 Å². The zero-order valence-corrected chi connectivity index (χ0v) is 13.2. The van der Waals surface area contributed by atoms with E-state index in [0.29, 0.717) is 5.56 Å². The Labute approximate surface area is 142 Å². The maximum atomic E-state index is 11.9. The van der Waals surface area contributed by atoms with Crippen molar-refractivity contribution >= 4 is 32.7 Å². The van der Waals surface area contributed by atoms with E-state index in [2.05, 4.69) is 0 Å². The van der Waals surface area contributed by atoms with E-state index in [1.807, 2.05) is 5.43 Å². The van der Waals surface area contributed by atoms with Gasteiger partial charge in [-0.2, -0.15) is 0 Å². The molecule has 0 aliphatic rings. The number of benzene rings is 1. The largest absolute Gasteiger partial charge is 1.00 e. The predicted octanol–water partition coefficient (Wildman–Crippen LogP) is -3.88. The molecule has 23 heavy (non-hydrogen) atoms. The van der Waals surface area contributed by atoms with Crippen LogP contribution in [-0.2, 0) is 21.3 Å². The molecule has 1 aromatic carbocycles. The molecule has 0 spiro atoms.